The van der Waals surface area contributed by atoms with E-state index in [1.165, 1.54) is 7.11 Å². The second-order valence-electron chi connectivity index (χ2n) is 3.89. The predicted molar refractivity (Wildman–Crippen MR) is 66.7 cm³/mol. The molecule has 98 valence electrons. The van der Waals surface area contributed by atoms with E-state index in [0.29, 0.717) is 19.4 Å². The summed E-state index contributed by atoms with van der Waals surface area (Å²) in [6, 6.07) is 3.79. The normalized spacial score (nSPS) is 11.7. The molecule has 0 fully saturated rings. The summed E-state index contributed by atoms with van der Waals surface area (Å²) in [5, 5.41) is 2.73. The average molecular weight is 250 g/mol. The number of carbonyl (C=O) groups is 2. The minimum Gasteiger partial charge on any atom is -0.468 e. The zero-order chi connectivity index (χ0) is 13.4. The number of carbonyl (C=O) groups excluding carboxylic acids is 2. The zero-order valence-electron chi connectivity index (χ0n) is 10.7. The third-order valence-electron chi connectivity index (χ3n) is 2.65. The van der Waals surface area contributed by atoms with Gasteiger partial charge in [-0.05, 0) is 24.5 Å². The molecule has 5 nitrogen and oxygen atoms in total. The number of aromatic nitrogens is 1. The van der Waals surface area contributed by atoms with E-state index >= 15 is 0 Å². The van der Waals surface area contributed by atoms with E-state index in [1.807, 2.05) is 12.1 Å². The first-order chi connectivity index (χ1) is 8.69. The van der Waals surface area contributed by atoms with Crippen LogP contribution < -0.4 is 5.32 Å². The molecular formula is C13H18N2O3. The highest BCUT2D eigenvalue weighted by Gasteiger charge is 2.24. The van der Waals surface area contributed by atoms with Crippen molar-refractivity contribution in [3.05, 3.63) is 30.1 Å². The van der Waals surface area contributed by atoms with Gasteiger partial charge in [-0.1, -0.05) is 13.0 Å². The van der Waals surface area contributed by atoms with Crippen LogP contribution in [-0.4, -0.2) is 30.5 Å². The van der Waals surface area contributed by atoms with Crippen molar-refractivity contribution in [3.63, 3.8) is 0 Å². The first kappa shape index (κ1) is 14.2. The predicted octanol–water partition coefficient (Wildman–Crippen LogP) is 0.939. The number of amides is 1. The van der Waals surface area contributed by atoms with E-state index in [0.717, 1.165) is 5.56 Å². The van der Waals surface area contributed by atoms with E-state index in [2.05, 4.69) is 15.0 Å². The van der Waals surface area contributed by atoms with Crippen molar-refractivity contribution in [2.24, 2.45) is 5.92 Å². The molecule has 0 aliphatic heterocycles. The van der Waals surface area contributed by atoms with Gasteiger partial charge >= 0.3 is 5.97 Å². The first-order valence-electron chi connectivity index (χ1n) is 5.93. The topological polar surface area (TPSA) is 68.3 Å². The minimum atomic E-state index is -0.719. The Kier molecular flexibility index (Phi) is 5.84. The van der Waals surface area contributed by atoms with E-state index in [4.69, 9.17) is 0 Å². The van der Waals surface area contributed by atoms with Crippen LogP contribution in [0.25, 0.3) is 0 Å². The molecule has 0 aliphatic carbocycles. The number of nitrogens with zero attached hydrogens (tertiary/aromatic N) is 1. The summed E-state index contributed by atoms with van der Waals surface area (Å²) in [5.74, 6) is -1.49. The molecule has 18 heavy (non-hydrogen) atoms. The average Bonchev–Trinajstić information content (AvgIpc) is 2.40. The summed E-state index contributed by atoms with van der Waals surface area (Å²) in [5.41, 5.74) is 1.05. The summed E-state index contributed by atoms with van der Waals surface area (Å²) in [6.07, 6.45) is 4.58. The van der Waals surface area contributed by atoms with Gasteiger partial charge in [-0.15, -0.1) is 0 Å². The molecule has 1 aromatic rings. The van der Waals surface area contributed by atoms with Gasteiger partial charge in [-0.2, -0.15) is 0 Å². The summed E-state index contributed by atoms with van der Waals surface area (Å²) in [6.45, 7) is 2.26. The maximum atomic E-state index is 11.7. The number of hydrogen-bond donors (Lipinski definition) is 1. The van der Waals surface area contributed by atoms with E-state index in [-0.39, 0.29) is 5.91 Å². The monoisotopic (exact) mass is 250 g/mol. The summed E-state index contributed by atoms with van der Waals surface area (Å²) in [7, 11) is 1.29. The number of esters is 1. The molecule has 0 radical (unpaired) electrons. The Bertz CT molecular complexity index is 392. The fourth-order valence-corrected chi connectivity index (χ4v) is 1.60. The quantitative estimate of drug-likeness (QED) is 0.602. The number of hydrogen-bond acceptors (Lipinski definition) is 4. The molecule has 1 amide bonds. The summed E-state index contributed by atoms with van der Waals surface area (Å²) >= 11 is 0. The molecule has 1 aromatic heterocycles. The van der Waals surface area contributed by atoms with Gasteiger partial charge in [-0.25, -0.2) is 0 Å². The number of pyridine rings is 1. The zero-order valence-corrected chi connectivity index (χ0v) is 10.7. The van der Waals surface area contributed by atoms with Crippen molar-refractivity contribution in [1.82, 2.24) is 10.3 Å². The van der Waals surface area contributed by atoms with Gasteiger partial charge in [0.15, 0.2) is 0 Å². The number of ether oxygens (including phenoxy) is 1. The van der Waals surface area contributed by atoms with Crippen LogP contribution in [0, 0.1) is 5.92 Å². The van der Waals surface area contributed by atoms with Crippen molar-refractivity contribution < 1.29 is 14.3 Å². The van der Waals surface area contributed by atoms with Gasteiger partial charge < -0.3 is 10.1 Å². The molecule has 0 aliphatic rings. The maximum absolute atomic E-state index is 11.7. The molecule has 1 atom stereocenters. The lowest BCUT2D eigenvalue weighted by Gasteiger charge is -2.12. The van der Waals surface area contributed by atoms with Gasteiger partial charge in [0.1, 0.15) is 5.92 Å². The summed E-state index contributed by atoms with van der Waals surface area (Å²) < 4.78 is 4.58. The van der Waals surface area contributed by atoms with Crippen LogP contribution in [0.2, 0.25) is 0 Å². The lowest BCUT2D eigenvalue weighted by molar-refractivity contribution is -0.150. The second-order valence-corrected chi connectivity index (χ2v) is 3.89. The molecule has 0 saturated heterocycles. The van der Waals surface area contributed by atoms with E-state index < -0.39 is 11.9 Å². The van der Waals surface area contributed by atoms with Gasteiger partial charge in [0.05, 0.1) is 7.11 Å². The Morgan fingerprint density at radius 1 is 1.50 bits per heavy atom. The second kappa shape index (κ2) is 7.42. The Morgan fingerprint density at radius 2 is 2.28 bits per heavy atom. The fourth-order valence-electron chi connectivity index (χ4n) is 1.60. The van der Waals surface area contributed by atoms with Crippen molar-refractivity contribution in [3.8, 4) is 0 Å². The van der Waals surface area contributed by atoms with Crippen LogP contribution in [0.1, 0.15) is 18.9 Å². The van der Waals surface area contributed by atoms with Crippen LogP contribution in [-0.2, 0) is 20.7 Å². The fraction of sp³-hybridized carbons (Fsp3) is 0.462. The molecule has 1 heterocycles. The smallest absolute Gasteiger partial charge is 0.318 e. The Hall–Kier alpha value is -1.91. The van der Waals surface area contributed by atoms with Crippen LogP contribution in [0.5, 0.6) is 0 Å². The van der Waals surface area contributed by atoms with Gasteiger partial charge in [0, 0.05) is 18.9 Å². The van der Waals surface area contributed by atoms with Crippen molar-refractivity contribution in [1.29, 1.82) is 0 Å². The highest BCUT2D eigenvalue weighted by Crippen LogP contribution is 2.05. The first-order valence-corrected chi connectivity index (χ1v) is 5.93. The highest BCUT2D eigenvalue weighted by atomic mass is 16.5. The van der Waals surface area contributed by atoms with E-state index in [1.54, 1.807) is 19.3 Å². The van der Waals surface area contributed by atoms with Crippen LogP contribution in [0.3, 0.4) is 0 Å². The lowest BCUT2D eigenvalue weighted by atomic mass is 10.1. The molecule has 5 heteroatoms. The van der Waals surface area contributed by atoms with Crippen molar-refractivity contribution in [2.45, 2.75) is 19.8 Å². The molecule has 1 rings (SSSR count). The van der Waals surface area contributed by atoms with Crippen LogP contribution in [0.4, 0.5) is 0 Å². The van der Waals surface area contributed by atoms with Gasteiger partial charge in [0.2, 0.25) is 5.91 Å². The molecule has 0 bridgehead atoms. The lowest BCUT2D eigenvalue weighted by Crippen LogP contribution is -2.36. The van der Waals surface area contributed by atoms with Crippen LogP contribution in [0.15, 0.2) is 24.5 Å². The third kappa shape index (κ3) is 4.16. The molecule has 0 saturated carbocycles. The summed E-state index contributed by atoms with van der Waals surface area (Å²) in [4.78, 5) is 27.1. The van der Waals surface area contributed by atoms with Gasteiger partial charge in [0.25, 0.3) is 0 Å². The molecular weight excluding hydrogens is 232 g/mol. The Labute approximate surface area is 107 Å². The van der Waals surface area contributed by atoms with Crippen molar-refractivity contribution in [2.75, 3.05) is 13.7 Å². The highest BCUT2D eigenvalue weighted by molar-refractivity contribution is 5.97. The van der Waals surface area contributed by atoms with Crippen molar-refractivity contribution >= 4 is 11.9 Å². The Balaban J connectivity index is 2.38. The maximum Gasteiger partial charge on any atom is 0.318 e. The van der Waals surface area contributed by atoms with Crippen LogP contribution >= 0.6 is 0 Å². The molecule has 0 spiro atoms. The number of nitrogens with one attached hydrogen (secondary N) is 1. The third-order valence-corrected chi connectivity index (χ3v) is 2.65. The molecule has 1 N–H and O–H groups in total. The van der Waals surface area contributed by atoms with Gasteiger partial charge in [-0.3, -0.25) is 14.6 Å². The standard InChI is InChI=1S/C13H18N2O3/c1-3-11(13(17)18-2)12(16)15-8-6-10-5-4-7-14-9-10/h4-5,7,9,11H,3,6,8H2,1-2H3,(H,15,16). The minimum absolute atomic E-state index is 0.284. The Morgan fingerprint density at radius 3 is 2.83 bits per heavy atom. The van der Waals surface area contributed by atoms with E-state index in [9.17, 15) is 9.59 Å². The largest absolute Gasteiger partial charge is 0.468 e. The molecule has 1 unspecified atom stereocenters. The number of rotatable bonds is 6. The SMILES string of the molecule is CCC(C(=O)NCCc1cccnc1)C(=O)OC. The number of methoxy groups -OCH3 is 1. The molecule has 0 aromatic carbocycles.